The van der Waals surface area contributed by atoms with E-state index in [9.17, 15) is 0 Å². The summed E-state index contributed by atoms with van der Waals surface area (Å²) in [4.78, 5) is 0. The van der Waals surface area contributed by atoms with E-state index in [2.05, 4.69) is 0 Å². The zero-order valence-corrected chi connectivity index (χ0v) is 18.5. The van der Waals surface area contributed by atoms with E-state index in [4.69, 9.17) is 81.7 Å². The molecule has 16 N–H and O–H groups in total. The minimum Gasteiger partial charge on any atom is -0.396 e. The van der Waals surface area contributed by atoms with Crippen molar-refractivity contribution in [1.82, 2.24) is 0 Å². The molecule has 0 saturated carbocycles. The maximum Gasteiger partial charge on any atom is 0.100 e. The average molecular weight is 505 g/mol. The predicted octanol–water partition coefficient (Wildman–Crippen LogP) is -8.73. The Labute approximate surface area is 191 Å². The molecule has 0 aliphatic rings. The second-order valence-electron chi connectivity index (χ2n) is 6.21. The van der Waals surface area contributed by atoms with Crippen LogP contribution in [0.2, 0.25) is 0 Å². The molecular formula is C17H44O16. The first-order valence-corrected chi connectivity index (χ1v) is 9.51. The molecule has 0 rings (SSSR count). The number of hydrogen-bond donors (Lipinski definition) is 16. The molecule has 0 aromatic rings. The number of aliphatic hydroxyl groups excluding tert-OH is 16. The van der Waals surface area contributed by atoms with Crippen LogP contribution in [0.4, 0.5) is 0 Å². The van der Waals surface area contributed by atoms with Crippen LogP contribution in [-0.2, 0) is 0 Å². The molecule has 0 bridgehead atoms. The molecule has 0 saturated heterocycles. The fourth-order valence-corrected chi connectivity index (χ4v) is 0.531. The maximum atomic E-state index is 8.50. The van der Waals surface area contributed by atoms with Gasteiger partial charge in [0, 0.05) is 0 Å². The molecule has 16 heteroatoms. The van der Waals surface area contributed by atoms with Crippen molar-refractivity contribution in [2.75, 3.05) is 79.3 Å². The third-order valence-electron chi connectivity index (χ3n) is 3.03. The molecule has 0 radical (unpaired) electrons. The molecule has 33 heavy (non-hydrogen) atoms. The summed E-state index contributed by atoms with van der Waals surface area (Å²) in [6, 6.07) is 0. The smallest absolute Gasteiger partial charge is 0.100 e. The van der Waals surface area contributed by atoms with E-state index in [1.165, 1.54) is 0 Å². The minimum atomic E-state index is -1.11. The van der Waals surface area contributed by atoms with Crippen LogP contribution in [0.3, 0.4) is 0 Å². The van der Waals surface area contributed by atoms with Crippen LogP contribution < -0.4 is 0 Å². The van der Waals surface area contributed by atoms with Crippen molar-refractivity contribution in [1.29, 1.82) is 0 Å². The van der Waals surface area contributed by atoms with Gasteiger partial charge in [0.05, 0.1) is 84.7 Å². The standard InChI is InChI=1S/C5H12O4.4C3H8O3/c6-1-5(2-7,3-8)4-9;4*4-1-3(6)2-5/h6-9H,1-4H2;4*3-6H,1-2H2. The average Bonchev–Trinajstić information content (AvgIpc) is 2.89. The summed E-state index contributed by atoms with van der Waals surface area (Å²) < 4.78 is 0. The van der Waals surface area contributed by atoms with Crippen LogP contribution in [0.15, 0.2) is 0 Å². The Morgan fingerprint density at radius 3 is 0.424 bits per heavy atom. The molecule has 0 fully saturated rings. The van der Waals surface area contributed by atoms with Gasteiger partial charge in [-0.3, -0.25) is 0 Å². The third-order valence-corrected chi connectivity index (χ3v) is 3.03. The van der Waals surface area contributed by atoms with Crippen LogP contribution in [0.25, 0.3) is 0 Å². The Bertz CT molecular complexity index is 248. The first kappa shape index (κ1) is 42.5. The van der Waals surface area contributed by atoms with Crippen LogP contribution in [-0.4, -0.2) is 185 Å². The van der Waals surface area contributed by atoms with Crippen molar-refractivity contribution in [3.8, 4) is 0 Å². The number of aliphatic hydroxyl groups is 16. The second-order valence-corrected chi connectivity index (χ2v) is 6.21. The number of hydrogen-bond acceptors (Lipinski definition) is 16. The highest BCUT2D eigenvalue weighted by Gasteiger charge is 2.26. The molecule has 0 aliphatic heterocycles. The Morgan fingerprint density at radius 1 is 0.303 bits per heavy atom. The van der Waals surface area contributed by atoms with Crippen molar-refractivity contribution < 1.29 is 81.7 Å². The summed E-state index contributed by atoms with van der Waals surface area (Å²) in [6.45, 7) is -4.54. The van der Waals surface area contributed by atoms with Crippen LogP contribution >= 0.6 is 0 Å². The second kappa shape index (κ2) is 33.5. The summed E-state index contributed by atoms with van der Waals surface area (Å²) in [5, 5.41) is 130. The van der Waals surface area contributed by atoms with Crippen LogP contribution in [0, 0.1) is 5.41 Å². The zero-order chi connectivity index (χ0) is 27.3. The summed E-state index contributed by atoms with van der Waals surface area (Å²) >= 11 is 0. The van der Waals surface area contributed by atoms with Crippen molar-refractivity contribution in [3.05, 3.63) is 0 Å². The molecule has 0 unspecified atom stereocenters. The molecule has 0 aromatic carbocycles. The van der Waals surface area contributed by atoms with E-state index in [0.717, 1.165) is 0 Å². The minimum absolute atomic E-state index is 0.365. The molecule has 0 amide bonds. The maximum absolute atomic E-state index is 8.50. The Morgan fingerprint density at radius 2 is 0.424 bits per heavy atom. The largest absolute Gasteiger partial charge is 0.396 e. The quantitative estimate of drug-likeness (QED) is 0.117. The lowest BCUT2D eigenvalue weighted by Gasteiger charge is -2.23. The van der Waals surface area contributed by atoms with E-state index < -0.39 is 56.3 Å². The zero-order valence-electron chi connectivity index (χ0n) is 18.5. The van der Waals surface area contributed by atoms with Crippen molar-refractivity contribution in [2.24, 2.45) is 5.41 Å². The van der Waals surface area contributed by atoms with Gasteiger partial charge in [-0.1, -0.05) is 0 Å². The Balaban J connectivity index is -0.000000100. The monoisotopic (exact) mass is 504 g/mol. The van der Waals surface area contributed by atoms with Gasteiger partial charge in [0.15, 0.2) is 0 Å². The van der Waals surface area contributed by atoms with Gasteiger partial charge in [0.1, 0.15) is 24.4 Å². The summed E-state index contributed by atoms with van der Waals surface area (Å²) in [5.74, 6) is 0. The van der Waals surface area contributed by atoms with E-state index in [1.807, 2.05) is 0 Å². The SMILES string of the molecule is OCC(CO)(CO)CO.OCC(O)CO.OCC(O)CO.OCC(O)CO.OCC(O)CO. The Hall–Kier alpha value is -0.640. The van der Waals surface area contributed by atoms with Gasteiger partial charge in [-0.2, -0.15) is 0 Å². The van der Waals surface area contributed by atoms with Crippen LogP contribution in [0.1, 0.15) is 0 Å². The lowest BCUT2D eigenvalue weighted by atomic mass is 9.93. The molecule has 0 aromatic heterocycles. The highest BCUT2D eigenvalue weighted by molar-refractivity contribution is 4.74. The van der Waals surface area contributed by atoms with Gasteiger partial charge in [0.2, 0.25) is 0 Å². The van der Waals surface area contributed by atoms with Crippen molar-refractivity contribution in [3.63, 3.8) is 0 Å². The van der Waals surface area contributed by atoms with Gasteiger partial charge < -0.3 is 81.7 Å². The molecule has 0 aliphatic carbocycles. The molecule has 208 valence electrons. The summed E-state index contributed by atoms with van der Waals surface area (Å²) in [6.07, 6.45) is -3.81. The molecule has 0 atom stereocenters. The van der Waals surface area contributed by atoms with Gasteiger partial charge >= 0.3 is 0 Å². The lowest BCUT2D eigenvalue weighted by molar-refractivity contribution is -0.0328. The summed E-state index contributed by atoms with van der Waals surface area (Å²) in [5.41, 5.74) is -1.11. The molecular weight excluding hydrogens is 460 g/mol. The first-order valence-electron chi connectivity index (χ1n) is 9.51. The van der Waals surface area contributed by atoms with Crippen molar-refractivity contribution in [2.45, 2.75) is 24.4 Å². The number of rotatable bonds is 12. The predicted molar refractivity (Wildman–Crippen MR) is 111 cm³/mol. The molecule has 16 nitrogen and oxygen atoms in total. The third kappa shape index (κ3) is 36.1. The van der Waals surface area contributed by atoms with Gasteiger partial charge in [-0.25, -0.2) is 0 Å². The topological polar surface area (TPSA) is 324 Å². The molecule has 0 spiro atoms. The van der Waals surface area contributed by atoms with Gasteiger partial charge in [-0.15, -0.1) is 0 Å². The normalized spacial score (nSPS) is 10.5. The summed E-state index contributed by atoms with van der Waals surface area (Å²) in [7, 11) is 0. The van der Waals surface area contributed by atoms with Crippen LogP contribution in [0.5, 0.6) is 0 Å². The van der Waals surface area contributed by atoms with E-state index >= 15 is 0 Å². The molecule has 0 heterocycles. The lowest BCUT2D eigenvalue weighted by Crippen LogP contribution is -2.37. The Kier molecular flexibility index (Phi) is 43.2. The fraction of sp³-hybridized carbons (Fsp3) is 1.00. The van der Waals surface area contributed by atoms with Crippen molar-refractivity contribution >= 4 is 0 Å². The van der Waals surface area contributed by atoms with E-state index in [-0.39, 0.29) is 52.9 Å². The first-order chi connectivity index (χ1) is 15.5. The van der Waals surface area contributed by atoms with Gasteiger partial charge in [0.25, 0.3) is 0 Å². The highest BCUT2D eigenvalue weighted by Crippen LogP contribution is 2.11. The fourth-order valence-electron chi connectivity index (χ4n) is 0.531. The van der Waals surface area contributed by atoms with E-state index in [0.29, 0.717) is 0 Å². The van der Waals surface area contributed by atoms with E-state index in [1.54, 1.807) is 0 Å². The van der Waals surface area contributed by atoms with Gasteiger partial charge in [-0.05, 0) is 0 Å². The highest BCUT2D eigenvalue weighted by atomic mass is 16.4.